The van der Waals surface area contributed by atoms with Crippen LogP contribution in [0.2, 0.25) is 0 Å². The lowest BCUT2D eigenvalue weighted by atomic mass is 10.1. The van der Waals surface area contributed by atoms with Crippen molar-refractivity contribution < 1.29 is 18.7 Å². The number of carbonyl (C=O) groups is 1. The maximum atomic E-state index is 15.1. The SMILES string of the molecule is CCOC(=O)C(F)(OCc1ccccc1)c1ccccc1. The lowest BCUT2D eigenvalue weighted by Crippen LogP contribution is -2.36. The predicted octanol–water partition coefficient (Wildman–Crippen LogP) is 3.59. The zero-order valence-corrected chi connectivity index (χ0v) is 11.8. The molecule has 21 heavy (non-hydrogen) atoms. The lowest BCUT2D eigenvalue weighted by molar-refractivity contribution is -0.208. The van der Waals surface area contributed by atoms with Crippen LogP contribution in [0.4, 0.5) is 4.39 Å². The fourth-order valence-electron chi connectivity index (χ4n) is 1.89. The Labute approximate surface area is 123 Å². The number of alkyl halides is 1. The number of rotatable bonds is 6. The Morgan fingerprint density at radius 1 is 1.05 bits per heavy atom. The van der Waals surface area contributed by atoms with E-state index in [9.17, 15) is 4.79 Å². The van der Waals surface area contributed by atoms with E-state index in [0.29, 0.717) is 0 Å². The Morgan fingerprint density at radius 3 is 2.19 bits per heavy atom. The normalized spacial score (nSPS) is 13.4. The molecule has 0 aliphatic rings. The van der Waals surface area contributed by atoms with Gasteiger partial charge in [-0.05, 0) is 12.5 Å². The Balaban J connectivity index is 2.22. The van der Waals surface area contributed by atoms with E-state index in [1.165, 1.54) is 12.1 Å². The highest BCUT2D eigenvalue weighted by atomic mass is 19.2. The molecule has 0 aliphatic carbocycles. The lowest BCUT2D eigenvalue weighted by Gasteiger charge is -2.24. The average Bonchev–Trinajstić information content (AvgIpc) is 2.54. The Kier molecular flexibility index (Phi) is 5.06. The summed E-state index contributed by atoms with van der Waals surface area (Å²) in [5, 5.41) is 0. The molecule has 0 spiro atoms. The minimum Gasteiger partial charge on any atom is -0.461 e. The molecule has 2 aromatic carbocycles. The second-order valence-electron chi connectivity index (χ2n) is 4.46. The maximum absolute atomic E-state index is 15.1. The van der Waals surface area contributed by atoms with Gasteiger partial charge in [0.25, 0.3) is 0 Å². The van der Waals surface area contributed by atoms with Crippen molar-refractivity contribution in [3.63, 3.8) is 0 Å². The molecule has 2 aromatic rings. The summed E-state index contributed by atoms with van der Waals surface area (Å²) in [5.41, 5.74) is 0.902. The van der Waals surface area contributed by atoms with Gasteiger partial charge in [0.05, 0.1) is 13.2 Å². The van der Waals surface area contributed by atoms with E-state index in [-0.39, 0.29) is 18.8 Å². The van der Waals surface area contributed by atoms with E-state index >= 15 is 4.39 Å². The molecule has 0 amide bonds. The van der Waals surface area contributed by atoms with Gasteiger partial charge in [-0.15, -0.1) is 0 Å². The smallest absolute Gasteiger partial charge is 0.377 e. The third-order valence-corrected chi connectivity index (χ3v) is 2.96. The molecular weight excluding hydrogens is 271 g/mol. The highest BCUT2D eigenvalue weighted by Gasteiger charge is 2.43. The molecule has 0 aromatic heterocycles. The van der Waals surface area contributed by atoms with E-state index in [0.717, 1.165) is 5.56 Å². The molecule has 0 N–H and O–H groups in total. The van der Waals surface area contributed by atoms with Gasteiger partial charge in [-0.25, -0.2) is 4.79 Å². The topological polar surface area (TPSA) is 35.5 Å². The van der Waals surface area contributed by atoms with Gasteiger partial charge in [0.1, 0.15) is 0 Å². The van der Waals surface area contributed by atoms with Crippen molar-refractivity contribution in [2.24, 2.45) is 0 Å². The number of carbonyl (C=O) groups excluding carboxylic acids is 1. The monoisotopic (exact) mass is 288 g/mol. The Morgan fingerprint density at radius 2 is 1.62 bits per heavy atom. The summed E-state index contributed by atoms with van der Waals surface area (Å²) in [4.78, 5) is 12.0. The maximum Gasteiger partial charge on any atom is 0.377 e. The van der Waals surface area contributed by atoms with Crippen LogP contribution >= 0.6 is 0 Å². The van der Waals surface area contributed by atoms with E-state index < -0.39 is 11.8 Å². The highest BCUT2D eigenvalue weighted by molar-refractivity contribution is 5.79. The van der Waals surface area contributed by atoms with Gasteiger partial charge in [-0.3, -0.25) is 0 Å². The molecule has 0 saturated carbocycles. The van der Waals surface area contributed by atoms with Crippen LogP contribution in [-0.2, 0) is 26.7 Å². The van der Waals surface area contributed by atoms with Crippen LogP contribution < -0.4 is 0 Å². The van der Waals surface area contributed by atoms with Crippen molar-refractivity contribution in [1.82, 2.24) is 0 Å². The molecule has 0 bridgehead atoms. The molecule has 0 aliphatic heterocycles. The molecule has 110 valence electrons. The molecule has 1 unspecified atom stereocenters. The quantitative estimate of drug-likeness (QED) is 0.762. The largest absolute Gasteiger partial charge is 0.461 e. The number of hydrogen-bond acceptors (Lipinski definition) is 3. The zero-order valence-electron chi connectivity index (χ0n) is 11.8. The van der Waals surface area contributed by atoms with Crippen LogP contribution in [0.5, 0.6) is 0 Å². The Hall–Kier alpha value is -2.20. The van der Waals surface area contributed by atoms with Crippen LogP contribution in [0.25, 0.3) is 0 Å². The van der Waals surface area contributed by atoms with Crippen molar-refractivity contribution in [1.29, 1.82) is 0 Å². The molecule has 2 rings (SSSR count). The number of hydrogen-bond donors (Lipinski definition) is 0. The van der Waals surface area contributed by atoms with E-state index in [1.807, 2.05) is 18.2 Å². The molecule has 4 heteroatoms. The van der Waals surface area contributed by atoms with Gasteiger partial charge in [0.15, 0.2) is 0 Å². The fraction of sp³-hybridized carbons (Fsp3) is 0.235. The minimum atomic E-state index is -2.60. The van der Waals surface area contributed by atoms with Crippen molar-refractivity contribution in [3.8, 4) is 0 Å². The van der Waals surface area contributed by atoms with Crippen LogP contribution in [0, 0.1) is 0 Å². The third-order valence-electron chi connectivity index (χ3n) is 2.96. The average molecular weight is 288 g/mol. The molecule has 3 nitrogen and oxygen atoms in total. The molecule has 0 heterocycles. The van der Waals surface area contributed by atoms with Crippen molar-refractivity contribution in [3.05, 3.63) is 71.8 Å². The van der Waals surface area contributed by atoms with Gasteiger partial charge >= 0.3 is 11.8 Å². The van der Waals surface area contributed by atoms with Gasteiger partial charge in [-0.1, -0.05) is 60.7 Å². The molecular formula is C17H17FO3. The van der Waals surface area contributed by atoms with Gasteiger partial charge in [0.2, 0.25) is 0 Å². The second kappa shape index (κ2) is 6.99. The summed E-state index contributed by atoms with van der Waals surface area (Å²) in [7, 11) is 0. The Bertz CT molecular complexity index is 571. The van der Waals surface area contributed by atoms with Gasteiger partial charge < -0.3 is 9.47 Å². The summed E-state index contributed by atoms with van der Waals surface area (Å²) in [6.45, 7) is 1.69. The highest BCUT2D eigenvalue weighted by Crippen LogP contribution is 2.30. The van der Waals surface area contributed by atoms with Crippen LogP contribution in [0.3, 0.4) is 0 Å². The first kappa shape index (κ1) is 15.2. The van der Waals surface area contributed by atoms with Crippen molar-refractivity contribution >= 4 is 5.97 Å². The van der Waals surface area contributed by atoms with Crippen LogP contribution in [0.1, 0.15) is 18.1 Å². The van der Waals surface area contributed by atoms with Gasteiger partial charge in [-0.2, -0.15) is 4.39 Å². The fourth-order valence-corrected chi connectivity index (χ4v) is 1.89. The van der Waals surface area contributed by atoms with Gasteiger partial charge in [0, 0.05) is 5.56 Å². The van der Waals surface area contributed by atoms with Crippen LogP contribution in [-0.4, -0.2) is 12.6 Å². The zero-order chi connectivity index (χ0) is 15.1. The predicted molar refractivity (Wildman–Crippen MR) is 77.1 cm³/mol. The molecule has 0 saturated heterocycles. The molecule has 0 radical (unpaired) electrons. The van der Waals surface area contributed by atoms with Crippen LogP contribution in [0.15, 0.2) is 60.7 Å². The van der Waals surface area contributed by atoms with Crippen molar-refractivity contribution in [2.75, 3.05) is 6.61 Å². The standard InChI is InChI=1S/C17H17FO3/c1-2-20-16(19)17(18,15-11-7-4-8-12-15)21-13-14-9-5-3-6-10-14/h3-12H,2,13H2,1H3. The van der Waals surface area contributed by atoms with E-state index in [4.69, 9.17) is 9.47 Å². The first-order valence-electron chi connectivity index (χ1n) is 6.76. The second-order valence-corrected chi connectivity index (χ2v) is 4.46. The number of ether oxygens (including phenoxy) is 2. The number of benzene rings is 2. The summed E-state index contributed by atoms with van der Waals surface area (Å²) in [5.74, 6) is -3.64. The molecule has 1 atom stereocenters. The summed E-state index contributed by atoms with van der Waals surface area (Å²) < 4.78 is 25.2. The van der Waals surface area contributed by atoms with E-state index in [2.05, 4.69) is 0 Å². The molecule has 0 fully saturated rings. The number of halogens is 1. The first-order chi connectivity index (χ1) is 10.2. The first-order valence-corrected chi connectivity index (χ1v) is 6.76. The summed E-state index contributed by atoms with van der Waals surface area (Å²) >= 11 is 0. The van der Waals surface area contributed by atoms with Crippen molar-refractivity contribution in [2.45, 2.75) is 19.4 Å². The van der Waals surface area contributed by atoms with E-state index in [1.54, 1.807) is 37.3 Å². The third kappa shape index (κ3) is 3.67. The minimum absolute atomic E-state index is 0.0228. The summed E-state index contributed by atoms with van der Waals surface area (Å²) in [6, 6.07) is 17.2. The summed E-state index contributed by atoms with van der Waals surface area (Å²) in [6.07, 6.45) is 0. The number of esters is 1.